The van der Waals surface area contributed by atoms with Crippen LogP contribution in [0.25, 0.3) is 22.3 Å². The fourth-order valence-corrected chi connectivity index (χ4v) is 7.72. The van der Waals surface area contributed by atoms with Crippen molar-refractivity contribution in [3.05, 3.63) is 63.7 Å². The van der Waals surface area contributed by atoms with Gasteiger partial charge >= 0.3 is 29.8 Å². The number of benzene rings is 5. The number of fused-ring (bicyclic) bond motifs is 6. The largest absolute Gasteiger partial charge is 0.504 e. The average Bonchev–Trinajstić information content (AvgIpc) is 3.29. The molecular weight excluding hydrogens is 908 g/mol. The van der Waals surface area contributed by atoms with Crippen LogP contribution in [-0.2, 0) is 23.7 Å². The Hall–Kier alpha value is -9.59. The summed E-state index contributed by atoms with van der Waals surface area (Å²) in [7, 11) is 0. The first-order valence-electron chi connectivity index (χ1n) is 18.6. The van der Waals surface area contributed by atoms with E-state index in [2.05, 4.69) is 0 Å². The second-order valence-corrected chi connectivity index (χ2v) is 14.7. The van der Waals surface area contributed by atoms with Crippen LogP contribution in [0.1, 0.15) is 63.5 Å². The van der Waals surface area contributed by atoms with Crippen molar-refractivity contribution in [2.45, 2.75) is 30.5 Å². The van der Waals surface area contributed by atoms with Crippen molar-refractivity contribution in [2.75, 3.05) is 6.61 Å². The molecule has 5 aromatic rings. The van der Waals surface area contributed by atoms with E-state index in [1.165, 1.54) is 0 Å². The molecule has 9 rings (SSSR count). The lowest BCUT2D eigenvalue weighted by atomic mass is 9.82. The van der Waals surface area contributed by atoms with Gasteiger partial charge in [0.15, 0.2) is 87.7 Å². The summed E-state index contributed by atoms with van der Waals surface area (Å²) >= 11 is 0. The fraction of sp³-hybridized carbons (Fsp3) is 0.146. The van der Waals surface area contributed by atoms with Crippen molar-refractivity contribution in [3.63, 3.8) is 0 Å². The van der Waals surface area contributed by atoms with Crippen LogP contribution in [0.15, 0.2) is 30.3 Å². The first-order chi connectivity index (χ1) is 31.5. The molecule has 5 aromatic carbocycles. The molecule has 0 fully saturated rings. The maximum absolute atomic E-state index is 14.6. The van der Waals surface area contributed by atoms with Gasteiger partial charge in [-0.1, -0.05) is 0 Å². The summed E-state index contributed by atoms with van der Waals surface area (Å²) in [5.41, 5.74) is -11.0. The third kappa shape index (κ3) is 6.57. The number of carbonyl (C=O) groups excluding carboxylic acids is 5. The van der Waals surface area contributed by atoms with Crippen LogP contribution >= 0.6 is 0 Å². The molecule has 0 saturated heterocycles. The molecule has 0 unspecified atom stereocenters. The van der Waals surface area contributed by atoms with Crippen molar-refractivity contribution >= 4 is 29.8 Å². The van der Waals surface area contributed by atoms with Gasteiger partial charge in [-0.25, -0.2) is 24.0 Å². The monoisotopic (exact) mass is 936 g/mol. The van der Waals surface area contributed by atoms with Crippen molar-refractivity contribution in [1.82, 2.24) is 0 Å². The lowest BCUT2D eigenvalue weighted by Gasteiger charge is -2.40. The van der Waals surface area contributed by atoms with Crippen LogP contribution in [-0.4, -0.2) is 143 Å². The summed E-state index contributed by atoms with van der Waals surface area (Å²) in [4.78, 5) is 70.9. The Morgan fingerprint density at radius 2 is 0.836 bits per heavy atom. The zero-order valence-electron chi connectivity index (χ0n) is 32.7. The van der Waals surface area contributed by atoms with Gasteiger partial charge in [-0.2, -0.15) is 0 Å². The smallest absolute Gasteiger partial charge is 0.339 e. The number of carbonyl (C=O) groups is 5. The minimum atomic E-state index is -2.79. The zero-order chi connectivity index (χ0) is 49.0. The van der Waals surface area contributed by atoms with Crippen LogP contribution in [0.5, 0.6) is 86.2 Å². The number of rotatable bonds is 3. The SMILES string of the molecule is O=C(O[C@@H]1COC(=O)c2cc(O)c(O)c(O)c2-c2c(cc(O)c(O)c2O)C(=O)O[C@H]1[C@H]1OC(=O)c2cc(O)c(O)c(O)c2-c2c(O)c(O)c(O)c3c2C(=O)O[C@H]1[C@H]3O)c1cc(O)c(O)c(O)c1. The van der Waals surface area contributed by atoms with Gasteiger partial charge in [-0.15, -0.1) is 0 Å². The highest BCUT2D eigenvalue weighted by Gasteiger charge is 2.54. The fourth-order valence-electron chi connectivity index (χ4n) is 7.72. The van der Waals surface area contributed by atoms with Gasteiger partial charge in [0.05, 0.1) is 27.8 Å². The molecule has 4 heterocycles. The number of esters is 5. The molecule has 5 atom stereocenters. The second-order valence-electron chi connectivity index (χ2n) is 14.7. The molecule has 0 amide bonds. The van der Waals surface area contributed by atoms with E-state index < -0.39 is 209 Å². The minimum absolute atomic E-state index is 0.331. The van der Waals surface area contributed by atoms with Gasteiger partial charge in [0, 0.05) is 27.8 Å². The highest BCUT2D eigenvalue weighted by atomic mass is 16.6. The molecule has 0 saturated carbocycles. The van der Waals surface area contributed by atoms with E-state index in [0.29, 0.717) is 30.3 Å². The molecule has 67 heavy (non-hydrogen) atoms. The Bertz CT molecular complexity index is 3060. The van der Waals surface area contributed by atoms with E-state index >= 15 is 0 Å². The summed E-state index contributed by atoms with van der Waals surface area (Å²) < 4.78 is 27.6. The van der Waals surface area contributed by atoms with Crippen LogP contribution < -0.4 is 0 Å². The lowest BCUT2D eigenvalue weighted by Crippen LogP contribution is -2.56. The van der Waals surface area contributed by atoms with Crippen LogP contribution in [0, 0.1) is 0 Å². The topological polar surface area (TPSA) is 455 Å². The summed E-state index contributed by atoms with van der Waals surface area (Å²) in [6, 6.07) is 2.15. The summed E-state index contributed by atoms with van der Waals surface area (Å²) in [6.45, 7) is -1.50. The Morgan fingerprint density at radius 3 is 1.33 bits per heavy atom. The third-order valence-corrected chi connectivity index (χ3v) is 10.9. The highest BCUT2D eigenvalue weighted by Crippen LogP contribution is 2.58. The van der Waals surface area contributed by atoms with E-state index in [9.17, 15) is 106 Å². The number of aliphatic hydroxyl groups excluding tert-OH is 1. The molecule has 4 bridgehead atoms. The van der Waals surface area contributed by atoms with Crippen LogP contribution in [0.3, 0.4) is 0 Å². The first kappa shape index (κ1) is 44.0. The average molecular weight is 937 g/mol. The number of aliphatic hydroxyl groups is 1. The second kappa shape index (κ2) is 15.3. The highest BCUT2D eigenvalue weighted by molar-refractivity contribution is 6.11. The number of aromatic hydroxyl groups is 15. The van der Waals surface area contributed by atoms with E-state index in [-0.39, 0.29) is 0 Å². The van der Waals surface area contributed by atoms with Crippen molar-refractivity contribution in [2.24, 2.45) is 0 Å². The van der Waals surface area contributed by atoms with E-state index in [1.54, 1.807) is 0 Å². The maximum atomic E-state index is 14.6. The van der Waals surface area contributed by atoms with Crippen molar-refractivity contribution < 1.29 is 129 Å². The molecule has 0 spiro atoms. The Morgan fingerprint density at radius 1 is 0.433 bits per heavy atom. The molecule has 348 valence electrons. The van der Waals surface area contributed by atoms with Crippen molar-refractivity contribution in [1.29, 1.82) is 0 Å². The van der Waals surface area contributed by atoms with Gasteiger partial charge < -0.3 is 105 Å². The molecule has 26 heteroatoms. The molecule has 26 nitrogen and oxygen atoms in total. The number of ether oxygens (including phenoxy) is 5. The zero-order valence-corrected chi connectivity index (χ0v) is 32.7. The maximum Gasteiger partial charge on any atom is 0.339 e. The van der Waals surface area contributed by atoms with Gasteiger partial charge in [0.25, 0.3) is 0 Å². The predicted octanol–water partition coefficient (Wildman–Crippen LogP) is 1.34. The number of phenolic OH excluding ortho intramolecular Hbond substituents is 15. The van der Waals surface area contributed by atoms with Gasteiger partial charge in [-0.05, 0) is 30.3 Å². The molecule has 16 N–H and O–H groups in total. The summed E-state index contributed by atoms with van der Waals surface area (Å²) in [5.74, 6) is -29.6. The third-order valence-electron chi connectivity index (χ3n) is 10.9. The van der Waals surface area contributed by atoms with Gasteiger partial charge in [-0.3, -0.25) is 0 Å². The summed E-state index contributed by atoms with van der Waals surface area (Å²) in [6.07, 6.45) is -13.4. The molecular formula is C41H28O26. The van der Waals surface area contributed by atoms with Gasteiger partial charge in [0.1, 0.15) is 12.7 Å². The van der Waals surface area contributed by atoms with Gasteiger partial charge in [0.2, 0.25) is 23.0 Å². The van der Waals surface area contributed by atoms with E-state index in [1.807, 2.05) is 0 Å². The van der Waals surface area contributed by atoms with Crippen LogP contribution in [0.2, 0.25) is 0 Å². The number of hydrogen-bond donors (Lipinski definition) is 16. The lowest BCUT2D eigenvalue weighted by molar-refractivity contribution is -0.154. The number of cyclic esters (lactones) is 2. The Kier molecular flexibility index (Phi) is 10.1. The van der Waals surface area contributed by atoms with Crippen LogP contribution in [0.4, 0.5) is 0 Å². The molecule has 0 aliphatic carbocycles. The Labute approximate surface area is 368 Å². The van der Waals surface area contributed by atoms with E-state index in [0.717, 1.165) is 0 Å². The molecule has 0 radical (unpaired) electrons. The minimum Gasteiger partial charge on any atom is -0.504 e. The molecule has 4 aliphatic rings. The number of hydrogen-bond acceptors (Lipinski definition) is 26. The Balaban J connectivity index is 1.42. The van der Waals surface area contributed by atoms with Crippen molar-refractivity contribution in [3.8, 4) is 108 Å². The number of phenols is 15. The molecule has 4 aliphatic heterocycles. The predicted molar refractivity (Wildman–Crippen MR) is 207 cm³/mol. The standard InChI is InChI=1S/C41H28O26/c42-11-1-7(2-12(43)23(11)47)37(58)64-16-6-63-38(59)8-3-13(44)24(48)27(51)17(8)18-9(4-14(45)25(49)28(18)52)39(60)65-34(16)36-35-32(56)22-21(41(62)66-35)20(30(54)33(57)31(22)55)19-10(40(61)67-36)5-15(46)26(50)29(19)53/h1-5,16,32,34-36,42-57H,6H2/t16-,32+,34-,35+,36-/m1/s1. The first-order valence-corrected chi connectivity index (χ1v) is 18.6. The normalized spacial score (nSPS) is 19.9. The quantitative estimate of drug-likeness (QED) is 0.0689. The molecule has 0 aromatic heterocycles. The summed E-state index contributed by atoms with van der Waals surface area (Å²) in [5, 5.41) is 172. The van der Waals surface area contributed by atoms with E-state index in [4.69, 9.17) is 23.7 Å².